The lowest BCUT2D eigenvalue weighted by Gasteiger charge is -2.06. The summed E-state index contributed by atoms with van der Waals surface area (Å²) in [6.45, 7) is 0.269. The van der Waals surface area contributed by atoms with Crippen molar-refractivity contribution in [2.45, 2.75) is 6.61 Å². The van der Waals surface area contributed by atoms with Crippen LogP contribution in [0, 0.1) is 3.57 Å². The highest BCUT2D eigenvalue weighted by molar-refractivity contribution is 14.1. The summed E-state index contributed by atoms with van der Waals surface area (Å²) in [4.78, 5) is 8.65. The van der Waals surface area contributed by atoms with E-state index in [1.54, 1.807) is 10.9 Å². The van der Waals surface area contributed by atoms with E-state index >= 15 is 0 Å². The van der Waals surface area contributed by atoms with Crippen LogP contribution in [0.2, 0.25) is 0 Å². The number of nitrogens with zero attached hydrogens (tertiary/aromatic N) is 4. The summed E-state index contributed by atoms with van der Waals surface area (Å²) in [6.07, 6.45) is 1.66. The molecular weight excluding hydrogens is 369 g/mol. The third-order valence-corrected chi connectivity index (χ3v) is 3.50. The van der Waals surface area contributed by atoms with Crippen LogP contribution < -0.4 is 10.5 Å². The molecule has 20 heavy (non-hydrogen) atoms. The van der Waals surface area contributed by atoms with E-state index in [4.69, 9.17) is 10.5 Å². The molecule has 0 aliphatic heterocycles. The van der Waals surface area contributed by atoms with Crippen molar-refractivity contribution >= 4 is 39.4 Å². The largest absolute Gasteiger partial charge is 0.486 e. The van der Waals surface area contributed by atoms with Gasteiger partial charge in [-0.1, -0.05) is 6.07 Å². The Kier molecular flexibility index (Phi) is 3.43. The maximum Gasteiger partial charge on any atom is 0.170 e. The van der Waals surface area contributed by atoms with Crippen molar-refractivity contribution in [3.05, 3.63) is 39.9 Å². The van der Waals surface area contributed by atoms with Crippen molar-refractivity contribution in [1.29, 1.82) is 0 Å². The van der Waals surface area contributed by atoms with Gasteiger partial charge >= 0.3 is 0 Å². The Morgan fingerprint density at radius 1 is 1.35 bits per heavy atom. The molecule has 7 heteroatoms. The fourth-order valence-corrected chi connectivity index (χ4v) is 2.37. The van der Waals surface area contributed by atoms with E-state index in [1.165, 1.54) is 0 Å². The molecule has 0 fully saturated rings. The molecule has 0 bridgehead atoms. The standard InChI is InChI=1S/C13H12IN5O/c1-19-13-10(6-16-19)12(15)17-11(18-13)7-20-9-4-2-3-8(14)5-9/h2-6H,7H2,1H3,(H2,15,17,18). The molecule has 2 N–H and O–H groups in total. The number of nitrogens with two attached hydrogens (primary N) is 1. The normalized spacial score (nSPS) is 10.9. The van der Waals surface area contributed by atoms with Crippen molar-refractivity contribution in [3.63, 3.8) is 0 Å². The Bertz CT molecular complexity index is 771. The summed E-state index contributed by atoms with van der Waals surface area (Å²) in [5.74, 6) is 1.74. The lowest BCUT2D eigenvalue weighted by Crippen LogP contribution is -2.06. The van der Waals surface area contributed by atoms with Crippen LogP contribution >= 0.6 is 22.6 Å². The summed E-state index contributed by atoms with van der Waals surface area (Å²) in [5.41, 5.74) is 6.61. The van der Waals surface area contributed by atoms with E-state index in [2.05, 4.69) is 37.7 Å². The zero-order valence-corrected chi connectivity index (χ0v) is 12.9. The molecule has 0 amide bonds. The maximum atomic E-state index is 5.90. The number of fused-ring (bicyclic) bond motifs is 1. The average molecular weight is 381 g/mol. The topological polar surface area (TPSA) is 78.9 Å². The van der Waals surface area contributed by atoms with Crippen LogP contribution in [0.1, 0.15) is 5.82 Å². The van der Waals surface area contributed by atoms with E-state index in [-0.39, 0.29) is 6.61 Å². The summed E-state index contributed by atoms with van der Waals surface area (Å²) >= 11 is 2.24. The Morgan fingerprint density at radius 2 is 2.20 bits per heavy atom. The molecule has 0 unspecified atom stereocenters. The molecule has 0 saturated carbocycles. The molecule has 3 aromatic rings. The fraction of sp³-hybridized carbons (Fsp3) is 0.154. The van der Waals surface area contributed by atoms with Gasteiger partial charge in [-0.2, -0.15) is 5.10 Å². The van der Waals surface area contributed by atoms with Gasteiger partial charge in [0, 0.05) is 10.6 Å². The summed E-state index contributed by atoms with van der Waals surface area (Å²) in [7, 11) is 1.82. The second-order valence-corrected chi connectivity index (χ2v) is 5.52. The molecule has 0 atom stereocenters. The third kappa shape index (κ3) is 2.53. The minimum Gasteiger partial charge on any atom is -0.486 e. The lowest BCUT2D eigenvalue weighted by molar-refractivity contribution is 0.296. The van der Waals surface area contributed by atoms with Crippen LogP contribution in [0.15, 0.2) is 30.5 Å². The van der Waals surface area contributed by atoms with E-state index in [0.717, 1.165) is 14.7 Å². The third-order valence-electron chi connectivity index (χ3n) is 2.83. The molecule has 2 aromatic heterocycles. The first-order chi connectivity index (χ1) is 9.63. The highest BCUT2D eigenvalue weighted by atomic mass is 127. The van der Waals surface area contributed by atoms with Crippen molar-refractivity contribution < 1.29 is 4.74 Å². The van der Waals surface area contributed by atoms with Gasteiger partial charge in [0.05, 0.1) is 11.6 Å². The van der Waals surface area contributed by atoms with E-state index in [0.29, 0.717) is 17.3 Å². The molecule has 0 spiro atoms. The Labute approximate surface area is 129 Å². The van der Waals surface area contributed by atoms with Crippen LogP contribution in [-0.4, -0.2) is 19.7 Å². The number of nitrogen functional groups attached to an aromatic ring is 1. The first-order valence-electron chi connectivity index (χ1n) is 5.96. The minimum absolute atomic E-state index is 0.269. The number of aromatic nitrogens is 4. The molecule has 3 rings (SSSR count). The van der Waals surface area contributed by atoms with E-state index in [1.807, 2.05) is 31.3 Å². The number of hydrogen-bond donors (Lipinski definition) is 1. The monoisotopic (exact) mass is 381 g/mol. The average Bonchev–Trinajstić information content (AvgIpc) is 2.79. The van der Waals surface area contributed by atoms with Gasteiger partial charge in [0.15, 0.2) is 11.5 Å². The number of hydrogen-bond acceptors (Lipinski definition) is 5. The van der Waals surface area contributed by atoms with Gasteiger partial charge in [-0.05, 0) is 40.8 Å². The highest BCUT2D eigenvalue weighted by Crippen LogP contribution is 2.18. The predicted octanol–water partition coefficient (Wildman–Crippen LogP) is 2.13. The molecule has 0 aliphatic rings. The van der Waals surface area contributed by atoms with Crippen LogP contribution in [0.25, 0.3) is 11.0 Å². The van der Waals surface area contributed by atoms with Crippen LogP contribution in [0.5, 0.6) is 5.75 Å². The fourth-order valence-electron chi connectivity index (χ4n) is 1.86. The maximum absolute atomic E-state index is 5.90. The van der Waals surface area contributed by atoms with Gasteiger partial charge in [0.1, 0.15) is 18.2 Å². The number of anilines is 1. The molecular formula is C13H12IN5O. The smallest absolute Gasteiger partial charge is 0.170 e. The quantitative estimate of drug-likeness (QED) is 0.704. The van der Waals surface area contributed by atoms with Crippen molar-refractivity contribution in [2.24, 2.45) is 7.05 Å². The SMILES string of the molecule is Cn1ncc2c(N)nc(COc3cccc(I)c3)nc21. The second kappa shape index (κ2) is 5.23. The zero-order valence-electron chi connectivity index (χ0n) is 10.7. The summed E-state index contributed by atoms with van der Waals surface area (Å²) < 4.78 is 8.46. The Balaban J connectivity index is 1.86. The molecule has 6 nitrogen and oxygen atoms in total. The highest BCUT2D eigenvalue weighted by Gasteiger charge is 2.09. The van der Waals surface area contributed by atoms with Gasteiger partial charge in [0.2, 0.25) is 0 Å². The van der Waals surface area contributed by atoms with Crippen LogP contribution in [0.3, 0.4) is 0 Å². The zero-order chi connectivity index (χ0) is 14.1. The molecule has 0 saturated heterocycles. The van der Waals surface area contributed by atoms with E-state index in [9.17, 15) is 0 Å². The Hall–Kier alpha value is -1.90. The first kappa shape index (κ1) is 13.1. The van der Waals surface area contributed by atoms with Crippen molar-refractivity contribution in [3.8, 4) is 5.75 Å². The summed E-state index contributed by atoms with van der Waals surface area (Å²) in [5, 5.41) is 4.88. The second-order valence-electron chi connectivity index (χ2n) is 4.28. The van der Waals surface area contributed by atoms with Gasteiger partial charge in [0.25, 0.3) is 0 Å². The number of halogens is 1. The van der Waals surface area contributed by atoms with E-state index < -0.39 is 0 Å². The number of aryl methyl sites for hydroxylation is 1. The predicted molar refractivity (Wildman–Crippen MR) is 84.2 cm³/mol. The lowest BCUT2D eigenvalue weighted by atomic mass is 10.3. The molecule has 0 aliphatic carbocycles. The molecule has 102 valence electrons. The number of ether oxygens (including phenoxy) is 1. The molecule has 0 radical (unpaired) electrons. The number of benzene rings is 1. The van der Waals surface area contributed by atoms with Crippen LogP contribution in [-0.2, 0) is 13.7 Å². The van der Waals surface area contributed by atoms with Gasteiger partial charge in [-0.25, -0.2) is 9.97 Å². The first-order valence-corrected chi connectivity index (χ1v) is 7.04. The number of rotatable bonds is 3. The van der Waals surface area contributed by atoms with Gasteiger partial charge in [-0.15, -0.1) is 0 Å². The van der Waals surface area contributed by atoms with Gasteiger partial charge < -0.3 is 10.5 Å². The van der Waals surface area contributed by atoms with Gasteiger partial charge in [-0.3, -0.25) is 4.68 Å². The summed E-state index contributed by atoms with van der Waals surface area (Å²) in [6, 6.07) is 7.79. The van der Waals surface area contributed by atoms with Crippen molar-refractivity contribution in [1.82, 2.24) is 19.7 Å². The molecule has 1 aromatic carbocycles. The minimum atomic E-state index is 0.269. The van der Waals surface area contributed by atoms with Crippen LogP contribution in [0.4, 0.5) is 5.82 Å². The molecule has 2 heterocycles. The van der Waals surface area contributed by atoms with Crippen molar-refractivity contribution in [2.75, 3.05) is 5.73 Å². The Morgan fingerprint density at radius 3 is 3.00 bits per heavy atom.